The van der Waals surface area contributed by atoms with Crippen LogP contribution in [0.15, 0.2) is 0 Å². The molecule has 0 heterocycles. The van der Waals surface area contributed by atoms with Crippen molar-refractivity contribution in [1.29, 1.82) is 0 Å². The summed E-state index contributed by atoms with van der Waals surface area (Å²) in [4.78, 5) is 25.1. The third-order valence-electron chi connectivity index (χ3n) is 2.27. The molecule has 0 rings (SSSR count). The van der Waals surface area contributed by atoms with Crippen molar-refractivity contribution in [3.05, 3.63) is 0 Å². The molecule has 0 aromatic rings. The highest BCUT2D eigenvalue weighted by Gasteiger charge is 2.28. The second-order valence-corrected chi connectivity index (χ2v) is 5.26. The summed E-state index contributed by atoms with van der Waals surface area (Å²) in [6.07, 6.45) is -0.936. The van der Waals surface area contributed by atoms with Gasteiger partial charge in [-0.2, -0.15) is 0 Å². The Bertz CT molecular complexity index is 314. The highest BCUT2D eigenvalue weighted by Crippen LogP contribution is 2.09. The van der Waals surface area contributed by atoms with Crippen molar-refractivity contribution in [3.8, 4) is 0 Å². The van der Waals surface area contributed by atoms with Gasteiger partial charge in [-0.3, -0.25) is 14.5 Å². The van der Waals surface area contributed by atoms with E-state index >= 15 is 0 Å². The molecule has 1 unspecified atom stereocenters. The van der Waals surface area contributed by atoms with E-state index in [9.17, 15) is 9.59 Å². The molecule has 0 saturated carbocycles. The number of esters is 1. The van der Waals surface area contributed by atoms with E-state index in [0.29, 0.717) is 6.54 Å². The molecule has 20 heavy (non-hydrogen) atoms. The van der Waals surface area contributed by atoms with Crippen molar-refractivity contribution in [2.24, 2.45) is 0 Å². The number of amides is 1. The normalized spacial score (nSPS) is 13.2. The predicted molar refractivity (Wildman–Crippen MR) is 74.0 cm³/mol. The molecule has 7 heteroatoms. The minimum Gasteiger partial charge on any atom is -0.459 e. The molecular formula is C13H26N2O5. The van der Waals surface area contributed by atoms with Crippen LogP contribution in [-0.4, -0.2) is 67.1 Å². The van der Waals surface area contributed by atoms with Crippen molar-refractivity contribution in [2.45, 2.75) is 39.5 Å². The van der Waals surface area contributed by atoms with Crippen LogP contribution in [-0.2, 0) is 19.1 Å². The van der Waals surface area contributed by atoms with Gasteiger partial charge in [0, 0.05) is 20.2 Å². The summed E-state index contributed by atoms with van der Waals surface area (Å²) in [5.74, 6) is -0.829. The Morgan fingerprint density at radius 3 is 2.35 bits per heavy atom. The van der Waals surface area contributed by atoms with Gasteiger partial charge >= 0.3 is 5.97 Å². The maximum atomic E-state index is 11.8. The summed E-state index contributed by atoms with van der Waals surface area (Å²) in [5.41, 5.74) is -0.601. The van der Waals surface area contributed by atoms with Crippen molar-refractivity contribution in [1.82, 2.24) is 10.2 Å². The summed E-state index contributed by atoms with van der Waals surface area (Å²) in [7, 11) is 1.37. The fraction of sp³-hybridized carbons (Fsp3) is 0.846. The van der Waals surface area contributed by atoms with Gasteiger partial charge in [-0.25, -0.2) is 0 Å². The Labute approximate surface area is 120 Å². The maximum absolute atomic E-state index is 11.8. The maximum Gasteiger partial charge on any atom is 0.320 e. The molecule has 0 aliphatic heterocycles. The molecular weight excluding hydrogens is 264 g/mol. The lowest BCUT2D eigenvalue weighted by Gasteiger charge is -2.29. The molecule has 1 amide bonds. The summed E-state index contributed by atoms with van der Waals surface area (Å²) in [6, 6.07) is 0. The Hall–Kier alpha value is -1.18. The third-order valence-corrected chi connectivity index (χ3v) is 2.27. The SMILES string of the molecule is CCNC(=O)C(OC)N(CCO)CC(=O)OC(C)(C)C. The number of nitrogens with one attached hydrogen (secondary N) is 1. The van der Waals surface area contributed by atoms with Gasteiger partial charge in [-0.15, -0.1) is 0 Å². The van der Waals surface area contributed by atoms with Crippen molar-refractivity contribution >= 4 is 11.9 Å². The van der Waals surface area contributed by atoms with E-state index < -0.39 is 17.8 Å². The second kappa shape index (κ2) is 8.89. The van der Waals surface area contributed by atoms with Gasteiger partial charge in [0.15, 0.2) is 6.23 Å². The zero-order chi connectivity index (χ0) is 15.8. The van der Waals surface area contributed by atoms with E-state index in [0.717, 1.165) is 0 Å². The van der Waals surface area contributed by atoms with Crippen LogP contribution in [0.1, 0.15) is 27.7 Å². The van der Waals surface area contributed by atoms with Gasteiger partial charge in [-0.1, -0.05) is 0 Å². The van der Waals surface area contributed by atoms with Crippen LogP contribution in [0.3, 0.4) is 0 Å². The van der Waals surface area contributed by atoms with Crippen molar-refractivity contribution in [3.63, 3.8) is 0 Å². The molecule has 0 aliphatic carbocycles. The summed E-state index contributed by atoms with van der Waals surface area (Å²) < 4.78 is 10.3. The molecule has 0 spiro atoms. The van der Waals surface area contributed by atoms with Gasteiger partial charge in [0.25, 0.3) is 5.91 Å². The first-order chi connectivity index (χ1) is 9.25. The van der Waals surface area contributed by atoms with E-state index in [-0.39, 0.29) is 25.6 Å². The van der Waals surface area contributed by atoms with E-state index in [4.69, 9.17) is 14.6 Å². The fourth-order valence-corrected chi connectivity index (χ4v) is 1.63. The lowest BCUT2D eigenvalue weighted by atomic mass is 10.2. The van der Waals surface area contributed by atoms with Crippen molar-refractivity contribution in [2.75, 3.05) is 33.4 Å². The molecule has 0 bridgehead atoms. The number of carbonyl (C=O) groups is 2. The molecule has 0 radical (unpaired) electrons. The lowest BCUT2D eigenvalue weighted by molar-refractivity contribution is -0.162. The van der Waals surface area contributed by atoms with E-state index in [1.807, 2.05) is 0 Å². The zero-order valence-corrected chi connectivity index (χ0v) is 12.9. The van der Waals surface area contributed by atoms with Gasteiger partial charge in [-0.05, 0) is 27.7 Å². The number of methoxy groups -OCH3 is 1. The van der Waals surface area contributed by atoms with Gasteiger partial charge in [0.2, 0.25) is 0 Å². The molecule has 1 atom stereocenters. The molecule has 0 aromatic heterocycles. The minimum absolute atomic E-state index is 0.131. The average molecular weight is 290 g/mol. The Morgan fingerprint density at radius 2 is 1.95 bits per heavy atom. The largest absolute Gasteiger partial charge is 0.459 e. The smallest absolute Gasteiger partial charge is 0.320 e. The number of ether oxygens (including phenoxy) is 2. The Balaban J connectivity index is 4.75. The summed E-state index contributed by atoms with van der Waals surface area (Å²) >= 11 is 0. The monoisotopic (exact) mass is 290 g/mol. The van der Waals surface area contributed by atoms with E-state index in [2.05, 4.69) is 5.32 Å². The van der Waals surface area contributed by atoms with E-state index in [1.165, 1.54) is 12.0 Å². The highest BCUT2D eigenvalue weighted by atomic mass is 16.6. The minimum atomic E-state index is -0.936. The molecule has 0 fully saturated rings. The van der Waals surface area contributed by atoms with Crippen LogP contribution in [0.2, 0.25) is 0 Å². The number of aliphatic hydroxyl groups excluding tert-OH is 1. The average Bonchev–Trinajstić information content (AvgIpc) is 2.27. The zero-order valence-electron chi connectivity index (χ0n) is 12.9. The molecule has 0 aromatic carbocycles. The number of hydrogen-bond donors (Lipinski definition) is 2. The first kappa shape index (κ1) is 18.8. The molecule has 7 nitrogen and oxygen atoms in total. The van der Waals surface area contributed by atoms with E-state index in [1.54, 1.807) is 27.7 Å². The van der Waals surface area contributed by atoms with Gasteiger partial charge < -0.3 is 19.9 Å². The fourth-order valence-electron chi connectivity index (χ4n) is 1.63. The van der Waals surface area contributed by atoms with Crippen molar-refractivity contribution < 1.29 is 24.2 Å². The molecule has 0 saturated heterocycles. The standard InChI is InChI=1S/C13H26N2O5/c1-6-14-11(18)12(19-5)15(7-8-16)9-10(17)20-13(2,3)4/h12,16H,6-9H2,1-5H3,(H,14,18). The van der Waals surface area contributed by atoms with Crippen LogP contribution in [0, 0.1) is 0 Å². The van der Waals surface area contributed by atoms with Gasteiger partial charge in [0.05, 0.1) is 13.2 Å². The number of nitrogens with zero attached hydrogens (tertiary/aromatic N) is 1. The number of rotatable bonds is 8. The predicted octanol–water partition coefficient (Wildman–Crippen LogP) is -0.269. The number of likely N-dealkylation sites (N-methyl/N-ethyl adjacent to an activating group) is 1. The summed E-state index contributed by atoms with van der Waals surface area (Å²) in [5, 5.41) is 11.7. The van der Waals surface area contributed by atoms with Crippen LogP contribution in [0.25, 0.3) is 0 Å². The third kappa shape index (κ3) is 7.42. The molecule has 118 valence electrons. The Morgan fingerprint density at radius 1 is 1.35 bits per heavy atom. The molecule has 2 N–H and O–H groups in total. The van der Waals surface area contributed by atoms with Crippen LogP contribution >= 0.6 is 0 Å². The Kier molecular flexibility index (Phi) is 8.36. The second-order valence-electron chi connectivity index (χ2n) is 5.26. The van der Waals surface area contributed by atoms with Crippen LogP contribution in [0.5, 0.6) is 0 Å². The quantitative estimate of drug-likeness (QED) is 0.473. The lowest BCUT2D eigenvalue weighted by Crippen LogP contribution is -2.51. The highest BCUT2D eigenvalue weighted by molar-refractivity contribution is 5.81. The number of aliphatic hydroxyl groups is 1. The number of hydrogen-bond acceptors (Lipinski definition) is 6. The summed E-state index contributed by atoms with van der Waals surface area (Å²) in [6.45, 7) is 7.34. The molecule has 0 aliphatic rings. The first-order valence-corrected chi connectivity index (χ1v) is 6.62. The van der Waals surface area contributed by atoms with Gasteiger partial charge in [0.1, 0.15) is 5.60 Å². The van der Waals surface area contributed by atoms with Crippen LogP contribution < -0.4 is 5.32 Å². The van der Waals surface area contributed by atoms with Crippen LogP contribution in [0.4, 0.5) is 0 Å². The topological polar surface area (TPSA) is 88.1 Å². The number of carbonyl (C=O) groups excluding carboxylic acids is 2. The first-order valence-electron chi connectivity index (χ1n) is 6.62.